The van der Waals surface area contributed by atoms with Crippen molar-refractivity contribution < 1.29 is 0 Å². The molecule has 24 heavy (non-hydrogen) atoms. The molecule has 4 heteroatoms. The van der Waals surface area contributed by atoms with E-state index in [4.69, 9.17) is 0 Å². The van der Waals surface area contributed by atoms with E-state index < -0.39 is 0 Å². The first kappa shape index (κ1) is 16.7. The highest BCUT2D eigenvalue weighted by Gasteiger charge is 2.14. The summed E-state index contributed by atoms with van der Waals surface area (Å²) in [5.74, 6) is 3.11. The Hall–Kier alpha value is -2.10. The highest BCUT2D eigenvalue weighted by Crippen LogP contribution is 2.24. The van der Waals surface area contributed by atoms with E-state index in [0.717, 1.165) is 23.1 Å². The zero-order valence-electron chi connectivity index (χ0n) is 15.0. The Kier molecular flexibility index (Phi) is 5.34. The maximum Gasteiger partial charge on any atom is 0.136 e. The molecule has 0 radical (unpaired) electrons. The van der Waals surface area contributed by atoms with Gasteiger partial charge in [0.25, 0.3) is 0 Å². The van der Waals surface area contributed by atoms with Crippen molar-refractivity contribution in [2.24, 2.45) is 0 Å². The van der Waals surface area contributed by atoms with Crippen LogP contribution < -0.4 is 10.6 Å². The van der Waals surface area contributed by atoms with Gasteiger partial charge < -0.3 is 10.6 Å². The lowest BCUT2D eigenvalue weighted by Gasteiger charge is -2.23. The summed E-state index contributed by atoms with van der Waals surface area (Å²) in [6, 6.07) is 11.1. The predicted molar refractivity (Wildman–Crippen MR) is 101 cm³/mol. The predicted octanol–water partition coefficient (Wildman–Crippen LogP) is 5.40. The van der Waals surface area contributed by atoms with Crippen LogP contribution in [0, 0.1) is 6.92 Å². The van der Waals surface area contributed by atoms with Crippen molar-refractivity contribution in [3.8, 4) is 0 Å². The Morgan fingerprint density at radius 2 is 1.62 bits per heavy atom. The van der Waals surface area contributed by atoms with Crippen LogP contribution in [0.2, 0.25) is 0 Å². The Bertz CT molecular complexity index is 658. The molecular formula is C20H28N4. The second kappa shape index (κ2) is 7.65. The van der Waals surface area contributed by atoms with Gasteiger partial charge in [0.1, 0.15) is 17.5 Å². The monoisotopic (exact) mass is 324 g/mol. The van der Waals surface area contributed by atoms with Gasteiger partial charge in [0.05, 0.1) is 0 Å². The van der Waals surface area contributed by atoms with Gasteiger partial charge in [0, 0.05) is 17.8 Å². The minimum atomic E-state index is 0.547. The lowest BCUT2D eigenvalue weighted by Crippen LogP contribution is -2.23. The molecule has 0 aliphatic heterocycles. The average Bonchev–Trinajstić information content (AvgIpc) is 2.55. The van der Waals surface area contributed by atoms with Crippen molar-refractivity contribution >= 4 is 17.3 Å². The largest absolute Gasteiger partial charge is 0.367 e. The number of hydrogen-bond donors (Lipinski definition) is 2. The Balaban J connectivity index is 1.70. The van der Waals surface area contributed by atoms with Crippen LogP contribution in [0.5, 0.6) is 0 Å². The fraction of sp³-hybridized carbons (Fsp3) is 0.500. The van der Waals surface area contributed by atoms with Crippen molar-refractivity contribution in [1.82, 2.24) is 9.97 Å². The number of hydrogen-bond acceptors (Lipinski definition) is 4. The SMILES string of the molecule is Cc1nc(Nc2ccc(C(C)C)cc2)cc(NC2CCCCC2)n1. The van der Waals surface area contributed by atoms with Crippen LogP contribution in [-0.4, -0.2) is 16.0 Å². The first-order chi connectivity index (χ1) is 11.6. The van der Waals surface area contributed by atoms with Crippen LogP contribution in [-0.2, 0) is 0 Å². The number of aryl methyl sites for hydroxylation is 1. The third kappa shape index (κ3) is 4.47. The molecule has 0 amide bonds. The molecule has 0 atom stereocenters. The number of rotatable bonds is 5. The Morgan fingerprint density at radius 3 is 2.29 bits per heavy atom. The second-order valence-corrected chi connectivity index (χ2v) is 7.07. The minimum Gasteiger partial charge on any atom is -0.367 e. The summed E-state index contributed by atoms with van der Waals surface area (Å²) in [6.07, 6.45) is 6.47. The molecule has 1 saturated carbocycles. The first-order valence-corrected chi connectivity index (χ1v) is 9.09. The van der Waals surface area contributed by atoms with Crippen molar-refractivity contribution in [3.63, 3.8) is 0 Å². The van der Waals surface area contributed by atoms with Gasteiger partial charge in [-0.15, -0.1) is 0 Å². The summed E-state index contributed by atoms with van der Waals surface area (Å²) >= 11 is 0. The van der Waals surface area contributed by atoms with E-state index >= 15 is 0 Å². The van der Waals surface area contributed by atoms with Gasteiger partial charge in [0.15, 0.2) is 0 Å². The molecule has 1 heterocycles. The van der Waals surface area contributed by atoms with Crippen LogP contribution >= 0.6 is 0 Å². The number of nitrogens with zero attached hydrogens (tertiary/aromatic N) is 2. The molecule has 1 aliphatic carbocycles. The van der Waals surface area contributed by atoms with Gasteiger partial charge in [-0.1, -0.05) is 45.2 Å². The first-order valence-electron chi connectivity index (χ1n) is 9.09. The summed E-state index contributed by atoms with van der Waals surface area (Å²) in [7, 11) is 0. The minimum absolute atomic E-state index is 0.547. The smallest absolute Gasteiger partial charge is 0.136 e. The van der Waals surface area contributed by atoms with Crippen molar-refractivity contribution in [2.45, 2.75) is 64.8 Å². The molecule has 2 N–H and O–H groups in total. The maximum atomic E-state index is 4.54. The molecule has 3 rings (SSSR count). The highest BCUT2D eigenvalue weighted by atomic mass is 15.1. The average molecular weight is 324 g/mol. The molecule has 0 unspecified atom stereocenters. The standard InChI is InChI=1S/C20H28N4/c1-14(2)16-9-11-18(12-10-16)24-20-13-19(21-15(3)22-20)23-17-7-5-4-6-8-17/h9-14,17H,4-8H2,1-3H3,(H2,21,22,23,24). The number of aromatic nitrogens is 2. The van der Waals surface area contributed by atoms with Gasteiger partial charge in [-0.05, 0) is 43.4 Å². The summed E-state index contributed by atoms with van der Waals surface area (Å²) < 4.78 is 0. The fourth-order valence-corrected chi connectivity index (χ4v) is 3.26. The summed E-state index contributed by atoms with van der Waals surface area (Å²) in [5, 5.41) is 6.98. The molecule has 0 bridgehead atoms. The molecular weight excluding hydrogens is 296 g/mol. The van der Waals surface area contributed by atoms with Crippen LogP contribution in [0.1, 0.15) is 63.3 Å². The normalized spacial score (nSPS) is 15.5. The van der Waals surface area contributed by atoms with E-state index in [1.54, 1.807) is 0 Å². The van der Waals surface area contributed by atoms with E-state index in [1.807, 2.05) is 13.0 Å². The van der Waals surface area contributed by atoms with Crippen LogP contribution in [0.3, 0.4) is 0 Å². The molecule has 128 valence electrons. The van der Waals surface area contributed by atoms with Gasteiger partial charge in [-0.25, -0.2) is 9.97 Å². The topological polar surface area (TPSA) is 49.8 Å². The molecule has 1 aromatic heterocycles. The van der Waals surface area contributed by atoms with Crippen molar-refractivity contribution in [3.05, 3.63) is 41.7 Å². The molecule has 1 aromatic carbocycles. The Labute approximate surface area is 145 Å². The van der Waals surface area contributed by atoms with Crippen LogP contribution in [0.25, 0.3) is 0 Å². The zero-order valence-corrected chi connectivity index (χ0v) is 15.0. The lowest BCUT2D eigenvalue weighted by molar-refractivity contribution is 0.462. The molecule has 4 nitrogen and oxygen atoms in total. The zero-order chi connectivity index (χ0) is 16.9. The molecule has 0 saturated heterocycles. The lowest BCUT2D eigenvalue weighted by atomic mass is 9.95. The van der Waals surface area contributed by atoms with E-state index in [9.17, 15) is 0 Å². The summed E-state index contributed by atoms with van der Waals surface area (Å²) in [6.45, 7) is 6.36. The van der Waals surface area contributed by atoms with Crippen molar-refractivity contribution in [1.29, 1.82) is 0 Å². The van der Waals surface area contributed by atoms with Crippen molar-refractivity contribution in [2.75, 3.05) is 10.6 Å². The highest BCUT2D eigenvalue weighted by molar-refractivity contribution is 5.59. The van der Waals surface area contributed by atoms with E-state index in [1.165, 1.54) is 37.7 Å². The van der Waals surface area contributed by atoms with Gasteiger partial charge in [0.2, 0.25) is 0 Å². The quantitative estimate of drug-likeness (QED) is 0.773. The second-order valence-electron chi connectivity index (χ2n) is 7.07. The fourth-order valence-electron chi connectivity index (χ4n) is 3.26. The molecule has 2 aromatic rings. The Morgan fingerprint density at radius 1 is 0.958 bits per heavy atom. The van der Waals surface area contributed by atoms with Gasteiger partial charge in [-0.3, -0.25) is 0 Å². The van der Waals surface area contributed by atoms with Crippen LogP contribution in [0.4, 0.5) is 17.3 Å². The third-order valence-electron chi connectivity index (χ3n) is 4.64. The van der Waals surface area contributed by atoms with E-state index in [-0.39, 0.29) is 0 Å². The number of benzene rings is 1. The summed E-state index contributed by atoms with van der Waals surface area (Å²) in [4.78, 5) is 9.06. The summed E-state index contributed by atoms with van der Waals surface area (Å²) in [5.41, 5.74) is 2.40. The van der Waals surface area contributed by atoms with E-state index in [2.05, 4.69) is 58.7 Å². The number of nitrogens with one attached hydrogen (secondary N) is 2. The molecule has 1 fully saturated rings. The molecule has 0 spiro atoms. The van der Waals surface area contributed by atoms with Gasteiger partial charge in [-0.2, -0.15) is 0 Å². The van der Waals surface area contributed by atoms with Gasteiger partial charge >= 0.3 is 0 Å². The van der Waals surface area contributed by atoms with Crippen LogP contribution in [0.15, 0.2) is 30.3 Å². The maximum absolute atomic E-state index is 4.54. The third-order valence-corrected chi connectivity index (χ3v) is 4.64. The number of anilines is 3. The molecule has 1 aliphatic rings. The van der Waals surface area contributed by atoms with E-state index in [0.29, 0.717) is 12.0 Å².